The van der Waals surface area contributed by atoms with Crippen LogP contribution in [-0.2, 0) is 9.53 Å². The molecular weight excluding hydrogens is 190 g/mol. The van der Waals surface area contributed by atoms with E-state index in [2.05, 4.69) is 18.7 Å². The third-order valence-electron chi connectivity index (χ3n) is 4.14. The van der Waals surface area contributed by atoms with Gasteiger partial charge in [0.25, 0.3) is 0 Å². The van der Waals surface area contributed by atoms with Crippen LogP contribution in [0.1, 0.15) is 39.5 Å². The number of nitrogens with zero attached hydrogens (tertiary/aromatic N) is 1. The lowest BCUT2D eigenvalue weighted by atomic mass is 9.83. The molecular formula is C12H21NO2. The van der Waals surface area contributed by atoms with Gasteiger partial charge in [0.1, 0.15) is 6.04 Å². The van der Waals surface area contributed by atoms with E-state index in [1.165, 1.54) is 26.4 Å². The molecule has 1 saturated carbocycles. The van der Waals surface area contributed by atoms with E-state index in [0.717, 1.165) is 13.0 Å². The van der Waals surface area contributed by atoms with Gasteiger partial charge in [0.05, 0.1) is 7.11 Å². The molecule has 0 aromatic rings. The highest BCUT2D eigenvalue weighted by atomic mass is 16.5. The van der Waals surface area contributed by atoms with Crippen molar-refractivity contribution in [3.8, 4) is 0 Å². The molecule has 2 rings (SSSR count). The van der Waals surface area contributed by atoms with Gasteiger partial charge in [0, 0.05) is 12.6 Å². The molecule has 0 radical (unpaired) electrons. The summed E-state index contributed by atoms with van der Waals surface area (Å²) in [6.45, 7) is 5.70. The van der Waals surface area contributed by atoms with Gasteiger partial charge < -0.3 is 4.74 Å². The first kappa shape index (κ1) is 10.9. The fourth-order valence-electron chi connectivity index (χ4n) is 3.09. The number of carbonyl (C=O) groups excluding carboxylic acids is 1. The second kappa shape index (κ2) is 3.78. The molecule has 0 amide bonds. The normalized spacial score (nSPS) is 34.9. The minimum atomic E-state index is -0.0519. The Morgan fingerprint density at radius 3 is 2.53 bits per heavy atom. The van der Waals surface area contributed by atoms with Crippen LogP contribution >= 0.6 is 0 Å². The quantitative estimate of drug-likeness (QED) is 0.652. The topological polar surface area (TPSA) is 29.5 Å². The van der Waals surface area contributed by atoms with Crippen LogP contribution in [0.4, 0.5) is 0 Å². The molecule has 3 heteroatoms. The summed E-state index contributed by atoms with van der Waals surface area (Å²) in [6.07, 6.45) is 4.78. The summed E-state index contributed by atoms with van der Waals surface area (Å²) >= 11 is 0. The van der Waals surface area contributed by atoms with E-state index in [9.17, 15) is 4.79 Å². The summed E-state index contributed by atoms with van der Waals surface area (Å²) in [7, 11) is 1.48. The number of esters is 1. The summed E-state index contributed by atoms with van der Waals surface area (Å²) in [5.41, 5.74) is 0.368. The van der Waals surface area contributed by atoms with Gasteiger partial charge in [-0.15, -0.1) is 0 Å². The van der Waals surface area contributed by atoms with Crippen molar-refractivity contribution in [2.75, 3.05) is 13.7 Å². The minimum absolute atomic E-state index is 0.0392. The number of rotatable bonds is 2. The van der Waals surface area contributed by atoms with Crippen LogP contribution in [-0.4, -0.2) is 36.6 Å². The summed E-state index contributed by atoms with van der Waals surface area (Å²) in [5, 5.41) is 0. The lowest BCUT2D eigenvalue weighted by molar-refractivity contribution is -0.155. The Morgan fingerprint density at radius 2 is 2.13 bits per heavy atom. The fraction of sp³-hybridized carbons (Fsp3) is 0.917. The summed E-state index contributed by atoms with van der Waals surface area (Å²) in [6, 6.07) is 0.618. The number of carbonyl (C=O) groups is 1. The van der Waals surface area contributed by atoms with Gasteiger partial charge in [-0.3, -0.25) is 9.69 Å². The standard InChI is InChI=1S/C12H21NO2/c1-12(2)7-4-5-10(12)13-8-6-9(13)11(14)15-3/h9-10H,4-8H2,1-3H3. The van der Waals surface area contributed by atoms with Gasteiger partial charge in [-0.2, -0.15) is 0 Å². The Morgan fingerprint density at radius 1 is 1.40 bits per heavy atom. The van der Waals surface area contributed by atoms with E-state index in [1.807, 2.05) is 0 Å². The van der Waals surface area contributed by atoms with Gasteiger partial charge in [0.2, 0.25) is 0 Å². The zero-order valence-corrected chi connectivity index (χ0v) is 9.95. The first-order valence-corrected chi connectivity index (χ1v) is 5.90. The van der Waals surface area contributed by atoms with Gasteiger partial charge >= 0.3 is 5.97 Å². The van der Waals surface area contributed by atoms with E-state index in [4.69, 9.17) is 4.74 Å². The number of hydrogen-bond acceptors (Lipinski definition) is 3. The van der Waals surface area contributed by atoms with Crippen molar-refractivity contribution in [3.63, 3.8) is 0 Å². The molecule has 2 unspecified atom stereocenters. The molecule has 0 aromatic heterocycles. The first-order chi connectivity index (χ1) is 7.06. The van der Waals surface area contributed by atoms with Crippen LogP contribution in [0.25, 0.3) is 0 Å². The van der Waals surface area contributed by atoms with Gasteiger partial charge in [-0.25, -0.2) is 0 Å². The maximum Gasteiger partial charge on any atom is 0.323 e. The van der Waals surface area contributed by atoms with Crippen molar-refractivity contribution < 1.29 is 9.53 Å². The Kier molecular flexibility index (Phi) is 2.75. The molecule has 2 fully saturated rings. The van der Waals surface area contributed by atoms with Crippen molar-refractivity contribution in [3.05, 3.63) is 0 Å². The van der Waals surface area contributed by atoms with E-state index in [1.54, 1.807) is 0 Å². The number of hydrogen-bond donors (Lipinski definition) is 0. The SMILES string of the molecule is COC(=O)C1CCN1C1CCCC1(C)C. The third kappa shape index (κ3) is 1.78. The van der Waals surface area contributed by atoms with E-state index < -0.39 is 0 Å². The summed E-state index contributed by atoms with van der Waals surface area (Å²) < 4.78 is 4.83. The van der Waals surface area contributed by atoms with Crippen LogP contribution < -0.4 is 0 Å². The molecule has 1 saturated heterocycles. The van der Waals surface area contributed by atoms with E-state index >= 15 is 0 Å². The van der Waals surface area contributed by atoms with Crippen molar-refractivity contribution in [1.29, 1.82) is 0 Å². The van der Waals surface area contributed by atoms with Crippen molar-refractivity contribution >= 4 is 5.97 Å². The van der Waals surface area contributed by atoms with Gasteiger partial charge in [0.15, 0.2) is 0 Å². The lowest BCUT2D eigenvalue weighted by Crippen LogP contribution is -2.59. The molecule has 0 N–H and O–H groups in total. The largest absolute Gasteiger partial charge is 0.468 e. The molecule has 1 aliphatic carbocycles. The average molecular weight is 211 g/mol. The summed E-state index contributed by atoms with van der Waals surface area (Å²) in [5.74, 6) is -0.0519. The molecule has 1 aliphatic heterocycles. The van der Waals surface area contributed by atoms with Crippen LogP contribution in [0.5, 0.6) is 0 Å². The Bertz CT molecular complexity index is 262. The molecule has 3 nitrogen and oxygen atoms in total. The number of methoxy groups -OCH3 is 1. The number of likely N-dealkylation sites (tertiary alicyclic amines) is 1. The van der Waals surface area contributed by atoms with Crippen LogP contribution in [0.2, 0.25) is 0 Å². The minimum Gasteiger partial charge on any atom is -0.468 e. The van der Waals surface area contributed by atoms with Crippen LogP contribution in [0.15, 0.2) is 0 Å². The Labute approximate surface area is 91.8 Å². The lowest BCUT2D eigenvalue weighted by Gasteiger charge is -2.47. The van der Waals surface area contributed by atoms with Crippen LogP contribution in [0, 0.1) is 5.41 Å². The molecule has 86 valence electrons. The second-order valence-electron chi connectivity index (χ2n) is 5.46. The van der Waals surface area contributed by atoms with E-state index in [0.29, 0.717) is 11.5 Å². The van der Waals surface area contributed by atoms with Crippen molar-refractivity contribution in [1.82, 2.24) is 4.90 Å². The molecule has 0 aromatic carbocycles. The van der Waals surface area contributed by atoms with Gasteiger partial charge in [-0.1, -0.05) is 20.3 Å². The highest BCUT2D eigenvalue weighted by Gasteiger charge is 2.46. The highest BCUT2D eigenvalue weighted by molar-refractivity contribution is 5.76. The summed E-state index contributed by atoms with van der Waals surface area (Å²) in [4.78, 5) is 13.9. The smallest absolute Gasteiger partial charge is 0.323 e. The zero-order valence-electron chi connectivity index (χ0n) is 9.95. The number of ether oxygens (including phenoxy) is 1. The fourth-order valence-corrected chi connectivity index (χ4v) is 3.09. The average Bonchev–Trinajstić information content (AvgIpc) is 2.44. The molecule has 0 spiro atoms. The monoisotopic (exact) mass is 211 g/mol. The second-order valence-corrected chi connectivity index (χ2v) is 5.46. The highest BCUT2D eigenvalue weighted by Crippen LogP contribution is 2.43. The van der Waals surface area contributed by atoms with Crippen molar-refractivity contribution in [2.45, 2.75) is 51.6 Å². The van der Waals surface area contributed by atoms with Crippen LogP contribution in [0.3, 0.4) is 0 Å². The van der Waals surface area contributed by atoms with Crippen molar-refractivity contribution in [2.24, 2.45) is 5.41 Å². The maximum atomic E-state index is 11.5. The molecule has 2 atom stereocenters. The predicted octanol–water partition coefficient (Wildman–Crippen LogP) is 1.81. The third-order valence-corrected chi connectivity index (χ3v) is 4.14. The molecule has 0 bridgehead atoms. The van der Waals surface area contributed by atoms with Gasteiger partial charge in [-0.05, 0) is 24.7 Å². The molecule has 1 heterocycles. The predicted molar refractivity (Wildman–Crippen MR) is 58.5 cm³/mol. The Balaban J connectivity index is 2.03. The Hall–Kier alpha value is -0.570. The zero-order chi connectivity index (χ0) is 11.1. The first-order valence-electron chi connectivity index (χ1n) is 5.90. The maximum absolute atomic E-state index is 11.5. The molecule has 2 aliphatic rings. The molecule has 15 heavy (non-hydrogen) atoms. The van der Waals surface area contributed by atoms with E-state index in [-0.39, 0.29) is 12.0 Å².